The average Bonchev–Trinajstić information content (AvgIpc) is 3.06. The minimum atomic E-state index is 0.402. The molecular weight excluding hydrogens is 282 g/mol. The molecule has 2 nitrogen and oxygen atoms in total. The fraction of sp³-hybridized carbons (Fsp3) is 0. The van der Waals surface area contributed by atoms with Gasteiger partial charge in [-0.1, -0.05) is 66.7 Å². The Labute approximate surface area is 134 Å². The largest absolute Gasteiger partial charge is 0.454 e. The van der Waals surface area contributed by atoms with Crippen molar-refractivity contribution in [2.45, 2.75) is 0 Å². The maximum Gasteiger partial charge on any atom is 0.153 e. The van der Waals surface area contributed by atoms with Crippen molar-refractivity contribution in [1.82, 2.24) is 0 Å². The first-order chi connectivity index (χ1) is 11.3. The van der Waals surface area contributed by atoms with Crippen LogP contribution in [-0.4, -0.2) is 5.71 Å². The Kier molecular flexibility index (Phi) is 3.28. The quantitative estimate of drug-likeness (QED) is 0.497. The Morgan fingerprint density at radius 2 is 1.43 bits per heavy atom. The predicted octanol–water partition coefficient (Wildman–Crippen LogP) is 5.52. The van der Waals surface area contributed by atoms with Crippen molar-refractivity contribution in [3.8, 4) is 11.1 Å². The molecule has 0 amide bonds. The summed E-state index contributed by atoms with van der Waals surface area (Å²) in [6, 6.07) is 28.0. The van der Waals surface area contributed by atoms with E-state index >= 15 is 0 Å². The second-order valence-electron chi connectivity index (χ2n) is 5.47. The normalized spacial score (nSPS) is 10.8. The molecule has 0 aliphatic heterocycles. The van der Waals surface area contributed by atoms with E-state index in [1.807, 2.05) is 66.7 Å². The Hall–Kier alpha value is -3.13. The SMILES string of the molecule is N=C(c1cccc(-c2ccccc2)c1)c1cc2ccccc2o1. The van der Waals surface area contributed by atoms with Gasteiger partial charge in [0.05, 0.1) is 0 Å². The molecule has 0 fully saturated rings. The smallest absolute Gasteiger partial charge is 0.153 e. The summed E-state index contributed by atoms with van der Waals surface area (Å²) in [5, 5.41) is 9.49. The first-order valence-corrected chi connectivity index (χ1v) is 7.54. The highest BCUT2D eigenvalue weighted by Crippen LogP contribution is 2.24. The zero-order valence-corrected chi connectivity index (χ0v) is 12.5. The summed E-state index contributed by atoms with van der Waals surface area (Å²) in [4.78, 5) is 0. The topological polar surface area (TPSA) is 37.0 Å². The summed E-state index contributed by atoms with van der Waals surface area (Å²) in [5.41, 5.74) is 4.31. The fourth-order valence-electron chi connectivity index (χ4n) is 2.73. The van der Waals surface area contributed by atoms with E-state index in [0.29, 0.717) is 11.5 Å². The van der Waals surface area contributed by atoms with Gasteiger partial charge >= 0.3 is 0 Å². The molecule has 0 bridgehead atoms. The lowest BCUT2D eigenvalue weighted by Crippen LogP contribution is -1.99. The number of nitrogens with one attached hydrogen (secondary N) is 1. The van der Waals surface area contributed by atoms with E-state index in [-0.39, 0.29) is 0 Å². The van der Waals surface area contributed by atoms with E-state index in [1.165, 1.54) is 0 Å². The highest BCUT2D eigenvalue weighted by Gasteiger charge is 2.11. The zero-order valence-electron chi connectivity index (χ0n) is 12.5. The summed E-state index contributed by atoms with van der Waals surface area (Å²) in [6.45, 7) is 0. The molecule has 0 spiro atoms. The molecule has 110 valence electrons. The van der Waals surface area contributed by atoms with Crippen LogP contribution in [0.3, 0.4) is 0 Å². The van der Waals surface area contributed by atoms with Crippen LogP contribution in [0.2, 0.25) is 0 Å². The summed E-state index contributed by atoms with van der Waals surface area (Å²) >= 11 is 0. The minimum Gasteiger partial charge on any atom is -0.454 e. The van der Waals surface area contributed by atoms with Gasteiger partial charge in [-0.3, -0.25) is 5.41 Å². The van der Waals surface area contributed by atoms with Gasteiger partial charge in [0.15, 0.2) is 5.76 Å². The highest BCUT2D eigenvalue weighted by atomic mass is 16.3. The van der Waals surface area contributed by atoms with Gasteiger partial charge in [0.2, 0.25) is 0 Å². The van der Waals surface area contributed by atoms with Crippen LogP contribution >= 0.6 is 0 Å². The van der Waals surface area contributed by atoms with Crippen molar-refractivity contribution in [2.24, 2.45) is 0 Å². The molecule has 0 aliphatic carbocycles. The Bertz CT molecular complexity index is 950. The molecule has 0 unspecified atom stereocenters. The molecule has 0 aliphatic rings. The number of hydrogen-bond donors (Lipinski definition) is 1. The molecule has 1 N–H and O–H groups in total. The molecule has 0 saturated carbocycles. The van der Waals surface area contributed by atoms with E-state index in [0.717, 1.165) is 27.7 Å². The lowest BCUT2D eigenvalue weighted by atomic mass is 10.00. The van der Waals surface area contributed by atoms with Crippen LogP contribution in [0.15, 0.2) is 89.3 Å². The summed E-state index contributed by atoms with van der Waals surface area (Å²) in [7, 11) is 0. The third-order valence-corrected chi connectivity index (χ3v) is 3.93. The van der Waals surface area contributed by atoms with Gasteiger partial charge in [-0.25, -0.2) is 0 Å². The molecule has 0 radical (unpaired) electrons. The molecule has 2 heteroatoms. The molecule has 4 aromatic rings. The van der Waals surface area contributed by atoms with Gasteiger partial charge in [0, 0.05) is 10.9 Å². The number of para-hydroxylation sites is 1. The highest BCUT2D eigenvalue weighted by molar-refractivity contribution is 6.11. The zero-order chi connectivity index (χ0) is 15.6. The van der Waals surface area contributed by atoms with Crippen LogP contribution in [-0.2, 0) is 0 Å². The Balaban J connectivity index is 1.74. The molecular formula is C21H15NO. The number of rotatable bonds is 3. The first-order valence-electron chi connectivity index (χ1n) is 7.54. The third-order valence-electron chi connectivity index (χ3n) is 3.93. The van der Waals surface area contributed by atoms with E-state index < -0.39 is 0 Å². The van der Waals surface area contributed by atoms with Gasteiger partial charge in [0.25, 0.3) is 0 Å². The maximum atomic E-state index is 8.47. The van der Waals surface area contributed by atoms with Crippen LogP contribution in [0.1, 0.15) is 11.3 Å². The maximum absolute atomic E-state index is 8.47. The van der Waals surface area contributed by atoms with E-state index in [1.54, 1.807) is 0 Å². The summed E-state index contributed by atoms with van der Waals surface area (Å²) in [5.74, 6) is 0.594. The monoisotopic (exact) mass is 297 g/mol. The van der Waals surface area contributed by atoms with Crippen molar-refractivity contribution in [2.75, 3.05) is 0 Å². The molecule has 23 heavy (non-hydrogen) atoms. The number of furan rings is 1. The standard InChI is InChI=1S/C21H15NO/c22-21(20-14-17-9-4-5-12-19(17)23-20)18-11-6-10-16(13-18)15-7-2-1-3-8-15/h1-14,22H. The molecule has 0 atom stereocenters. The second kappa shape index (κ2) is 5.58. The van der Waals surface area contributed by atoms with E-state index in [4.69, 9.17) is 9.83 Å². The van der Waals surface area contributed by atoms with Crippen LogP contribution < -0.4 is 0 Å². The van der Waals surface area contributed by atoms with E-state index in [2.05, 4.69) is 18.2 Å². The Morgan fingerprint density at radius 3 is 2.26 bits per heavy atom. The van der Waals surface area contributed by atoms with Gasteiger partial charge in [-0.2, -0.15) is 0 Å². The van der Waals surface area contributed by atoms with Crippen molar-refractivity contribution in [3.63, 3.8) is 0 Å². The van der Waals surface area contributed by atoms with Crippen molar-refractivity contribution in [1.29, 1.82) is 5.41 Å². The predicted molar refractivity (Wildman–Crippen MR) is 94.0 cm³/mol. The number of fused-ring (bicyclic) bond motifs is 1. The average molecular weight is 297 g/mol. The van der Waals surface area contributed by atoms with E-state index in [9.17, 15) is 0 Å². The van der Waals surface area contributed by atoms with Gasteiger partial charge in [-0.15, -0.1) is 0 Å². The van der Waals surface area contributed by atoms with Crippen LogP contribution in [0, 0.1) is 5.41 Å². The van der Waals surface area contributed by atoms with Gasteiger partial charge in [0.1, 0.15) is 11.3 Å². The molecule has 1 aromatic heterocycles. The molecule has 3 aromatic carbocycles. The Morgan fingerprint density at radius 1 is 0.696 bits per heavy atom. The lowest BCUT2D eigenvalue weighted by Gasteiger charge is -2.05. The molecule has 4 rings (SSSR count). The summed E-state index contributed by atoms with van der Waals surface area (Å²) < 4.78 is 5.81. The molecule has 1 heterocycles. The summed E-state index contributed by atoms with van der Waals surface area (Å²) in [6.07, 6.45) is 0. The van der Waals surface area contributed by atoms with Crippen LogP contribution in [0.4, 0.5) is 0 Å². The van der Waals surface area contributed by atoms with Crippen LogP contribution in [0.25, 0.3) is 22.1 Å². The number of hydrogen-bond acceptors (Lipinski definition) is 2. The van der Waals surface area contributed by atoms with Crippen LogP contribution in [0.5, 0.6) is 0 Å². The first kappa shape index (κ1) is 13.5. The second-order valence-corrected chi connectivity index (χ2v) is 5.47. The van der Waals surface area contributed by atoms with Gasteiger partial charge < -0.3 is 4.42 Å². The minimum absolute atomic E-state index is 0.402. The fourth-order valence-corrected chi connectivity index (χ4v) is 2.73. The third kappa shape index (κ3) is 2.55. The number of benzene rings is 3. The molecule has 0 saturated heterocycles. The van der Waals surface area contributed by atoms with Crippen molar-refractivity contribution >= 4 is 16.7 Å². The lowest BCUT2D eigenvalue weighted by molar-refractivity contribution is 0.604. The van der Waals surface area contributed by atoms with Gasteiger partial charge in [-0.05, 0) is 29.3 Å². The van der Waals surface area contributed by atoms with Crippen molar-refractivity contribution < 1.29 is 4.42 Å². The van der Waals surface area contributed by atoms with Crippen molar-refractivity contribution in [3.05, 3.63) is 96.3 Å².